The third kappa shape index (κ3) is 1.87. The summed E-state index contributed by atoms with van der Waals surface area (Å²) in [7, 11) is -3.34. The van der Waals surface area contributed by atoms with Gasteiger partial charge in [0.15, 0.2) is 9.84 Å². The van der Waals surface area contributed by atoms with Crippen LogP contribution in [0.1, 0.15) is 30.7 Å². The molecular formula is C11H13N3O2S2. The summed E-state index contributed by atoms with van der Waals surface area (Å²) >= 11 is 1.51. The molecule has 0 bridgehead atoms. The van der Waals surface area contributed by atoms with Crippen LogP contribution in [0.15, 0.2) is 11.0 Å². The number of rotatable bonds is 3. The van der Waals surface area contributed by atoms with E-state index in [0.29, 0.717) is 11.4 Å². The van der Waals surface area contributed by atoms with Gasteiger partial charge < -0.3 is 5.73 Å². The molecule has 7 heteroatoms. The van der Waals surface area contributed by atoms with E-state index in [1.807, 2.05) is 0 Å². The summed E-state index contributed by atoms with van der Waals surface area (Å²) in [6, 6.07) is 1.55. The Morgan fingerprint density at radius 1 is 1.44 bits per heavy atom. The number of nitrogens with zero attached hydrogens (tertiary/aromatic N) is 2. The summed E-state index contributed by atoms with van der Waals surface area (Å²) < 4.78 is 23.7. The van der Waals surface area contributed by atoms with E-state index in [1.165, 1.54) is 11.3 Å². The molecule has 0 radical (unpaired) electrons. The molecule has 96 valence electrons. The molecule has 5 nitrogen and oxygen atoms in total. The quantitative estimate of drug-likeness (QED) is 0.930. The van der Waals surface area contributed by atoms with Crippen LogP contribution in [0.3, 0.4) is 0 Å². The number of hydrogen-bond donors (Lipinski definition) is 1. The molecule has 3 rings (SSSR count). The SMILES string of the molecule is CCS(=O)(=O)c1cc2nc(C3CC3)sc2nc1N. The van der Waals surface area contributed by atoms with Gasteiger partial charge in [-0.2, -0.15) is 0 Å². The largest absolute Gasteiger partial charge is 0.383 e. The van der Waals surface area contributed by atoms with Crippen LogP contribution in [0.5, 0.6) is 0 Å². The molecule has 18 heavy (non-hydrogen) atoms. The number of anilines is 1. The molecule has 1 aliphatic carbocycles. The van der Waals surface area contributed by atoms with Gasteiger partial charge in [-0.25, -0.2) is 18.4 Å². The molecule has 2 N–H and O–H groups in total. The number of nitrogens with two attached hydrogens (primary N) is 1. The summed E-state index contributed by atoms with van der Waals surface area (Å²) in [5.74, 6) is 0.635. The first-order chi connectivity index (χ1) is 8.51. The number of nitrogen functional groups attached to an aromatic ring is 1. The van der Waals surface area contributed by atoms with Crippen LogP contribution in [-0.2, 0) is 9.84 Å². The van der Waals surface area contributed by atoms with Crippen LogP contribution in [-0.4, -0.2) is 24.1 Å². The van der Waals surface area contributed by atoms with Crippen molar-refractivity contribution in [3.8, 4) is 0 Å². The van der Waals surface area contributed by atoms with Crippen molar-refractivity contribution in [2.45, 2.75) is 30.6 Å². The summed E-state index contributed by atoms with van der Waals surface area (Å²) in [6.45, 7) is 1.59. The van der Waals surface area contributed by atoms with E-state index in [9.17, 15) is 8.42 Å². The van der Waals surface area contributed by atoms with Crippen LogP contribution in [0.25, 0.3) is 10.3 Å². The maximum Gasteiger partial charge on any atom is 0.181 e. The normalized spacial score (nSPS) is 16.3. The van der Waals surface area contributed by atoms with Gasteiger partial charge in [0.05, 0.1) is 10.8 Å². The number of hydrogen-bond acceptors (Lipinski definition) is 6. The second kappa shape index (κ2) is 3.89. The lowest BCUT2D eigenvalue weighted by atomic mass is 10.4. The monoisotopic (exact) mass is 283 g/mol. The van der Waals surface area contributed by atoms with Crippen molar-refractivity contribution >= 4 is 37.3 Å². The molecule has 0 aromatic carbocycles. The maximum atomic E-state index is 11.9. The second-order valence-corrected chi connectivity index (χ2v) is 7.68. The first-order valence-corrected chi connectivity index (χ1v) is 8.28. The van der Waals surface area contributed by atoms with Crippen molar-refractivity contribution in [1.82, 2.24) is 9.97 Å². The summed E-state index contributed by atoms with van der Waals surface area (Å²) in [4.78, 5) is 9.46. The van der Waals surface area contributed by atoms with E-state index in [-0.39, 0.29) is 16.5 Å². The van der Waals surface area contributed by atoms with Gasteiger partial charge in [-0.1, -0.05) is 18.3 Å². The van der Waals surface area contributed by atoms with Gasteiger partial charge in [0.2, 0.25) is 0 Å². The van der Waals surface area contributed by atoms with E-state index < -0.39 is 9.84 Å². The van der Waals surface area contributed by atoms with Gasteiger partial charge in [0.1, 0.15) is 21.1 Å². The zero-order valence-electron chi connectivity index (χ0n) is 9.88. The number of pyridine rings is 1. The molecule has 0 unspecified atom stereocenters. The van der Waals surface area contributed by atoms with Crippen LogP contribution in [0.4, 0.5) is 5.82 Å². The Labute approximate surface area is 109 Å². The lowest BCUT2D eigenvalue weighted by Crippen LogP contribution is -2.08. The number of aromatic nitrogens is 2. The molecule has 2 heterocycles. The Morgan fingerprint density at radius 3 is 2.78 bits per heavy atom. The Bertz CT molecular complexity index is 717. The maximum absolute atomic E-state index is 11.9. The lowest BCUT2D eigenvalue weighted by Gasteiger charge is -2.03. The second-order valence-electron chi connectivity index (χ2n) is 4.43. The molecular weight excluding hydrogens is 270 g/mol. The highest BCUT2D eigenvalue weighted by molar-refractivity contribution is 7.91. The highest BCUT2D eigenvalue weighted by Gasteiger charge is 2.28. The zero-order valence-corrected chi connectivity index (χ0v) is 11.5. The Kier molecular flexibility index (Phi) is 2.56. The predicted octanol–water partition coefficient (Wildman–Crippen LogP) is 1.94. The molecule has 0 spiro atoms. The first kappa shape index (κ1) is 11.9. The smallest absolute Gasteiger partial charge is 0.181 e. The molecule has 1 saturated carbocycles. The Morgan fingerprint density at radius 2 is 2.17 bits per heavy atom. The lowest BCUT2D eigenvalue weighted by molar-refractivity contribution is 0.597. The molecule has 2 aromatic heterocycles. The minimum atomic E-state index is -3.34. The minimum Gasteiger partial charge on any atom is -0.383 e. The van der Waals surface area contributed by atoms with Gasteiger partial charge >= 0.3 is 0 Å². The van der Waals surface area contributed by atoms with Crippen molar-refractivity contribution in [1.29, 1.82) is 0 Å². The van der Waals surface area contributed by atoms with Crippen LogP contribution >= 0.6 is 11.3 Å². The van der Waals surface area contributed by atoms with E-state index in [0.717, 1.165) is 22.7 Å². The fourth-order valence-electron chi connectivity index (χ4n) is 1.79. The van der Waals surface area contributed by atoms with E-state index in [2.05, 4.69) is 9.97 Å². The van der Waals surface area contributed by atoms with Gasteiger partial charge in [-0.05, 0) is 18.9 Å². The molecule has 0 atom stereocenters. The van der Waals surface area contributed by atoms with Crippen molar-refractivity contribution in [2.75, 3.05) is 11.5 Å². The number of fused-ring (bicyclic) bond motifs is 1. The third-order valence-corrected chi connectivity index (χ3v) is 5.92. The summed E-state index contributed by atoms with van der Waals surface area (Å²) in [5.41, 5.74) is 6.38. The summed E-state index contributed by atoms with van der Waals surface area (Å²) in [6.07, 6.45) is 2.32. The van der Waals surface area contributed by atoms with E-state index in [4.69, 9.17) is 5.73 Å². The predicted molar refractivity (Wildman–Crippen MR) is 71.5 cm³/mol. The molecule has 1 aliphatic rings. The average Bonchev–Trinajstić information content (AvgIpc) is 3.09. The highest BCUT2D eigenvalue weighted by atomic mass is 32.2. The van der Waals surface area contributed by atoms with Crippen molar-refractivity contribution in [3.63, 3.8) is 0 Å². The van der Waals surface area contributed by atoms with Crippen LogP contribution < -0.4 is 5.73 Å². The molecule has 0 aliphatic heterocycles. The first-order valence-electron chi connectivity index (χ1n) is 5.81. The average molecular weight is 283 g/mol. The molecule has 2 aromatic rings. The fraction of sp³-hybridized carbons (Fsp3) is 0.455. The number of thiazole rings is 1. The van der Waals surface area contributed by atoms with Gasteiger partial charge in [-0.15, -0.1) is 0 Å². The van der Waals surface area contributed by atoms with Crippen LogP contribution in [0, 0.1) is 0 Å². The van der Waals surface area contributed by atoms with Crippen LogP contribution in [0.2, 0.25) is 0 Å². The van der Waals surface area contributed by atoms with Crippen molar-refractivity contribution in [2.24, 2.45) is 0 Å². The van der Waals surface area contributed by atoms with Crippen molar-refractivity contribution in [3.05, 3.63) is 11.1 Å². The third-order valence-electron chi connectivity index (χ3n) is 3.03. The fourth-order valence-corrected chi connectivity index (χ4v) is 3.85. The Balaban J connectivity index is 2.19. The minimum absolute atomic E-state index is 0.0179. The summed E-state index contributed by atoms with van der Waals surface area (Å²) in [5, 5.41) is 1.04. The van der Waals surface area contributed by atoms with Gasteiger partial charge in [0.25, 0.3) is 0 Å². The molecule has 1 fully saturated rings. The molecule has 0 amide bonds. The van der Waals surface area contributed by atoms with Crippen molar-refractivity contribution < 1.29 is 8.42 Å². The standard InChI is InChI=1S/C11H13N3O2S2/c1-2-18(15,16)8-5-7-11(14-9(8)12)17-10(13-7)6-3-4-6/h5-6H,2-4H2,1H3,(H2,12,14). The van der Waals surface area contributed by atoms with E-state index >= 15 is 0 Å². The molecule has 0 saturated heterocycles. The Hall–Kier alpha value is -1.21. The van der Waals surface area contributed by atoms with E-state index in [1.54, 1.807) is 13.0 Å². The highest BCUT2D eigenvalue weighted by Crippen LogP contribution is 2.43. The topological polar surface area (TPSA) is 85.9 Å². The zero-order chi connectivity index (χ0) is 12.9. The van der Waals surface area contributed by atoms with Gasteiger partial charge in [-0.3, -0.25) is 0 Å². The number of sulfone groups is 1. The van der Waals surface area contributed by atoms with Gasteiger partial charge in [0, 0.05) is 5.92 Å².